The molecule has 0 spiro atoms. The second kappa shape index (κ2) is 18.2. The summed E-state index contributed by atoms with van der Waals surface area (Å²) in [5.74, 6) is 2.60. The summed E-state index contributed by atoms with van der Waals surface area (Å²) < 4.78 is 39.4. The number of amides is 1. The number of rotatable bonds is 15. The second-order valence-electron chi connectivity index (χ2n) is 18.9. The van der Waals surface area contributed by atoms with Crippen molar-refractivity contribution in [2.75, 3.05) is 38.3 Å². The molecule has 4 aliphatic rings. The van der Waals surface area contributed by atoms with Crippen LogP contribution in [0.2, 0.25) is 0 Å². The van der Waals surface area contributed by atoms with Gasteiger partial charge in [0.1, 0.15) is 41.1 Å². The molecule has 1 heterocycles. The Bertz CT molecular complexity index is 2190. The number of ketones is 3. The number of nitrogens with zero attached hydrogens (tertiary/aromatic N) is 2. The first-order valence-corrected chi connectivity index (χ1v) is 21.9. The number of carbonyl (C=O) groups excluding carboxylic acids is 4. The van der Waals surface area contributed by atoms with Crippen LogP contribution in [0.25, 0.3) is 0 Å². The first-order chi connectivity index (χ1) is 29.5. The van der Waals surface area contributed by atoms with Gasteiger partial charge >= 0.3 is 0 Å². The topological polar surface area (TPSA) is 124 Å². The first-order valence-electron chi connectivity index (χ1n) is 21.9. The van der Waals surface area contributed by atoms with Crippen LogP contribution in [-0.4, -0.2) is 97.9 Å². The molecule has 1 amide bonds. The molecule has 7 rings (SSSR count). The zero-order valence-electron chi connectivity index (χ0n) is 37.0. The van der Waals surface area contributed by atoms with Crippen molar-refractivity contribution in [1.82, 2.24) is 10.2 Å². The van der Waals surface area contributed by atoms with Crippen molar-refractivity contribution in [2.24, 2.45) is 16.7 Å². The largest absolute Gasteiger partial charge is 0.495 e. The van der Waals surface area contributed by atoms with Crippen molar-refractivity contribution in [3.63, 3.8) is 0 Å². The molecule has 12 heteroatoms. The predicted molar refractivity (Wildman–Crippen MR) is 235 cm³/mol. The Kier molecular flexibility index (Phi) is 13.2. The van der Waals surface area contributed by atoms with Gasteiger partial charge in [0.05, 0.1) is 43.4 Å². The zero-order valence-corrected chi connectivity index (χ0v) is 37.0. The maximum atomic E-state index is 15.0. The van der Waals surface area contributed by atoms with Crippen molar-refractivity contribution in [3.05, 3.63) is 83.2 Å². The number of morpholine rings is 1. The number of hydrogen-bond donors (Lipinski definition) is 1. The molecule has 330 valence electrons. The molecule has 3 aromatic carbocycles. The van der Waals surface area contributed by atoms with Gasteiger partial charge in [-0.15, -0.1) is 6.42 Å². The van der Waals surface area contributed by atoms with E-state index in [4.69, 9.17) is 25.4 Å². The van der Waals surface area contributed by atoms with Crippen LogP contribution in [0.4, 0.5) is 10.1 Å². The van der Waals surface area contributed by atoms with Crippen LogP contribution >= 0.6 is 0 Å². The summed E-state index contributed by atoms with van der Waals surface area (Å²) in [6, 6.07) is 17.4. The molecular formula is C50H60FN3O8. The van der Waals surface area contributed by atoms with Crippen molar-refractivity contribution in [1.29, 1.82) is 0 Å². The number of anilines is 1. The highest BCUT2D eigenvalue weighted by atomic mass is 19.1. The highest BCUT2D eigenvalue weighted by Crippen LogP contribution is 2.62. The highest BCUT2D eigenvalue weighted by molar-refractivity contribution is 6.06. The molecule has 3 aliphatic carbocycles. The number of benzene rings is 3. The monoisotopic (exact) mass is 849 g/mol. The molecule has 1 saturated heterocycles. The molecule has 0 aromatic heterocycles. The van der Waals surface area contributed by atoms with Crippen LogP contribution in [0, 0.1) is 34.9 Å². The molecule has 11 nitrogen and oxygen atoms in total. The first kappa shape index (κ1) is 44.8. The van der Waals surface area contributed by atoms with E-state index in [1.54, 1.807) is 13.2 Å². The van der Waals surface area contributed by atoms with Gasteiger partial charge in [-0.2, -0.15) is 0 Å². The van der Waals surface area contributed by atoms with Crippen LogP contribution < -0.4 is 24.4 Å². The van der Waals surface area contributed by atoms with Crippen LogP contribution in [0.1, 0.15) is 106 Å². The quantitative estimate of drug-likeness (QED) is 0.0937. The summed E-state index contributed by atoms with van der Waals surface area (Å²) in [7, 11) is 1.59. The molecule has 2 atom stereocenters. The van der Waals surface area contributed by atoms with Gasteiger partial charge in [-0.3, -0.25) is 24.1 Å². The van der Waals surface area contributed by atoms with Crippen LogP contribution in [0.15, 0.2) is 60.7 Å². The van der Waals surface area contributed by atoms with Gasteiger partial charge in [-0.1, -0.05) is 33.6 Å². The smallest absolute Gasteiger partial charge is 0.254 e. The zero-order chi connectivity index (χ0) is 44.5. The van der Waals surface area contributed by atoms with E-state index in [1.807, 2.05) is 42.5 Å². The molecule has 0 radical (unpaired) electrons. The van der Waals surface area contributed by atoms with E-state index >= 15 is 4.39 Å². The fourth-order valence-electron chi connectivity index (χ4n) is 10.4. The van der Waals surface area contributed by atoms with Crippen molar-refractivity contribution < 1.29 is 42.5 Å². The summed E-state index contributed by atoms with van der Waals surface area (Å²) in [5.41, 5.74) is 1.78. The van der Waals surface area contributed by atoms with E-state index < -0.39 is 17.8 Å². The fraction of sp³-hybridized carbons (Fsp3) is 0.520. The number of hydrogen-bond acceptors (Lipinski definition) is 10. The van der Waals surface area contributed by atoms with Gasteiger partial charge in [-0.25, -0.2) is 4.39 Å². The molecular weight excluding hydrogens is 790 g/mol. The number of halogens is 1. The average molecular weight is 850 g/mol. The normalized spacial score (nSPS) is 25.3. The fourth-order valence-corrected chi connectivity index (χ4v) is 10.4. The van der Waals surface area contributed by atoms with Gasteiger partial charge in [0, 0.05) is 91.6 Å². The molecule has 4 fully saturated rings. The lowest BCUT2D eigenvalue weighted by molar-refractivity contribution is -0.196. The Morgan fingerprint density at radius 3 is 2.34 bits per heavy atom. The third kappa shape index (κ3) is 9.40. The van der Waals surface area contributed by atoms with Gasteiger partial charge < -0.3 is 29.2 Å². The Labute approximate surface area is 365 Å². The summed E-state index contributed by atoms with van der Waals surface area (Å²) in [5, 5.41) is 2.57. The van der Waals surface area contributed by atoms with E-state index in [0.717, 1.165) is 38.2 Å². The lowest BCUT2D eigenvalue weighted by atomic mass is 9.44. The van der Waals surface area contributed by atoms with Crippen molar-refractivity contribution >= 4 is 28.9 Å². The van der Waals surface area contributed by atoms with E-state index in [2.05, 4.69) is 62.6 Å². The molecule has 1 N–H and O–H groups in total. The van der Waals surface area contributed by atoms with Crippen molar-refractivity contribution in [2.45, 2.75) is 117 Å². The minimum Gasteiger partial charge on any atom is -0.495 e. The van der Waals surface area contributed by atoms with Crippen molar-refractivity contribution in [3.8, 4) is 29.6 Å². The summed E-state index contributed by atoms with van der Waals surface area (Å²) in [6.07, 6.45) is 7.61. The standard InChI is InChI=1S/C50H60FN3O8/c1-9-31-12-16-37(26-45(31)59-8)62-48-49(4,5)46(50(48,6)7)27-43(56)32-10-13-33(14-11-32)53-20-21-60-39(28-53)29-54(30(2)3)34-22-38(23-34)61-36-17-18-40(41(51)25-36)47(58)52-42-19-15-35(55)24-44(42)57/h1,10-14,16-18,25-26,30,34,38-39,42,46,48H,15,19-24,27-29H2,2-8H3,(H,52,58)/t34?,38?,39-,42+,46?,48?/m1/s1. The number of terminal acetylenes is 1. The molecule has 3 aromatic rings. The minimum absolute atomic E-state index is 0.0146. The predicted octanol–water partition coefficient (Wildman–Crippen LogP) is 7.46. The molecule has 0 unspecified atom stereocenters. The van der Waals surface area contributed by atoms with E-state index in [1.165, 1.54) is 12.1 Å². The molecule has 62 heavy (non-hydrogen) atoms. The van der Waals surface area contributed by atoms with E-state index in [-0.39, 0.29) is 89.3 Å². The Balaban J connectivity index is 0.885. The van der Waals surface area contributed by atoms with Gasteiger partial charge in [-0.05, 0) is 74.7 Å². The van der Waals surface area contributed by atoms with E-state index in [9.17, 15) is 19.2 Å². The number of nitrogens with one attached hydrogen (secondary N) is 1. The number of Topliss-reactive ketones (excluding diaryl/α,β-unsaturated/α-hetero) is 3. The maximum Gasteiger partial charge on any atom is 0.254 e. The number of carbonyl (C=O) groups is 4. The average Bonchev–Trinajstić information content (AvgIpc) is 3.23. The summed E-state index contributed by atoms with van der Waals surface area (Å²) >= 11 is 0. The Morgan fingerprint density at radius 2 is 1.69 bits per heavy atom. The van der Waals surface area contributed by atoms with Gasteiger partial charge in [0.15, 0.2) is 11.6 Å². The molecule has 0 bridgehead atoms. The summed E-state index contributed by atoms with van der Waals surface area (Å²) in [6.45, 7) is 15.9. The van der Waals surface area contributed by atoms with Crippen LogP contribution in [-0.2, 0) is 14.3 Å². The SMILES string of the molecule is C#Cc1ccc(OC2C(C)(C)C(CC(=O)c3ccc(N4CCO[C@@H](CN(C(C)C)C5CC(Oc6ccc(C(=O)N[C@H]7CCC(=O)CC7=O)c(F)c6)C5)C4)cc3)C2(C)C)cc1OC. The number of ether oxygens (including phenoxy) is 4. The Hall–Kier alpha value is -5.25. The van der Waals surface area contributed by atoms with Crippen LogP contribution in [0.5, 0.6) is 17.2 Å². The van der Waals surface area contributed by atoms with E-state index in [0.29, 0.717) is 41.4 Å². The minimum atomic E-state index is -0.783. The molecule has 3 saturated carbocycles. The van der Waals surface area contributed by atoms with Crippen LogP contribution in [0.3, 0.4) is 0 Å². The lowest BCUT2D eigenvalue weighted by Gasteiger charge is -2.63. The van der Waals surface area contributed by atoms with Gasteiger partial charge in [0.2, 0.25) is 0 Å². The third-order valence-corrected chi connectivity index (χ3v) is 13.7. The Morgan fingerprint density at radius 1 is 1.00 bits per heavy atom. The lowest BCUT2D eigenvalue weighted by Crippen LogP contribution is -2.66. The second-order valence-corrected chi connectivity index (χ2v) is 18.9. The third-order valence-electron chi connectivity index (χ3n) is 13.7. The van der Waals surface area contributed by atoms with Gasteiger partial charge in [0.25, 0.3) is 5.91 Å². The molecule has 1 aliphatic heterocycles. The maximum absolute atomic E-state index is 15.0. The summed E-state index contributed by atoms with van der Waals surface area (Å²) in [4.78, 5) is 54.9. The number of methoxy groups -OCH3 is 1. The highest BCUT2D eigenvalue weighted by Gasteiger charge is 2.63.